The second-order valence-corrected chi connectivity index (χ2v) is 15.5. The van der Waals surface area contributed by atoms with Gasteiger partial charge in [0, 0.05) is 54.6 Å². The Labute approximate surface area is 352 Å². The Morgan fingerprint density at radius 1 is 0.279 bits per heavy atom. The highest BCUT2D eigenvalue weighted by Gasteiger charge is 2.22. The molecule has 0 saturated carbocycles. The van der Waals surface area contributed by atoms with E-state index in [2.05, 4.69) is 194 Å². The van der Waals surface area contributed by atoms with E-state index in [1.54, 1.807) is 0 Å². The minimum atomic E-state index is 0.696. The maximum atomic E-state index is 6.63. The summed E-state index contributed by atoms with van der Waals surface area (Å²) in [5.41, 5.74) is 15.2. The molecule has 3 aromatic heterocycles. The molecule has 0 N–H and O–H groups in total. The normalized spacial score (nSPS) is 11.6. The van der Waals surface area contributed by atoms with Crippen LogP contribution in [0.1, 0.15) is 0 Å². The largest absolute Gasteiger partial charge is 0.456 e. The standard InChI is InChI=1S/C57H35N3O/c1-3-16-36(17-4-1)38-20-15-25-43(34-38)57-59-49-30-11-8-27-45(49)55(60-57)41-23-13-21-39(32-41)40-22-14-24-42(33-40)56-47-35-51-54(46-28-9-12-31-50(46)61-51)52(37-18-5-2-6-19-37)53(47)44-26-7-10-29-48(44)58-56/h1-35H. The Balaban J connectivity index is 1.03. The molecule has 284 valence electrons. The molecule has 0 aliphatic carbocycles. The summed E-state index contributed by atoms with van der Waals surface area (Å²) in [6.07, 6.45) is 0. The van der Waals surface area contributed by atoms with Gasteiger partial charge in [0.15, 0.2) is 5.82 Å². The molecule has 0 amide bonds. The second kappa shape index (κ2) is 14.3. The van der Waals surface area contributed by atoms with Crippen LogP contribution in [0.3, 0.4) is 0 Å². The fraction of sp³-hybridized carbons (Fsp3) is 0. The van der Waals surface area contributed by atoms with Crippen LogP contribution in [-0.2, 0) is 0 Å². The maximum Gasteiger partial charge on any atom is 0.160 e. The van der Waals surface area contributed by atoms with Gasteiger partial charge in [-0.25, -0.2) is 15.0 Å². The Morgan fingerprint density at radius 3 is 1.48 bits per heavy atom. The summed E-state index contributed by atoms with van der Waals surface area (Å²) >= 11 is 0. The third-order valence-electron chi connectivity index (χ3n) is 11.8. The van der Waals surface area contributed by atoms with E-state index in [9.17, 15) is 0 Å². The first-order valence-electron chi connectivity index (χ1n) is 20.6. The second-order valence-electron chi connectivity index (χ2n) is 15.5. The zero-order valence-corrected chi connectivity index (χ0v) is 33.0. The first-order chi connectivity index (χ1) is 30.2. The van der Waals surface area contributed by atoms with Crippen LogP contribution in [0.5, 0.6) is 0 Å². The molecule has 0 aliphatic heterocycles. The van der Waals surface area contributed by atoms with E-state index in [1.807, 2.05) is 18.2 Å². The summed E-state index contributed by atoms with van der Waals surface area (Å²) in [6.45, 7) is 0. The topological polar surface area (TPSA) is 51.8 Å². The van der Waals surface area contributed by atoms with Crippen LogP contribution in [0.2, 0.25) is 0 Å². The van der Waals surface area contributed by atoms with Crippen LogP contribution in [0.4, 0.5) is 0 Å². The van der Waals surface area contributed by atoms with E-state index in [4.69, 9.17) is 19.4 Å². The first kappa shape index (κ1) is 34.8. The predicted octanol–water partition coefficient (Wildman–Crippen LogP) is 15.2. The molecule has 0 unspecified atom stereocenters. The molecule has 4 nitrogen and oxygen atoms in total. The van der Waals surface area contributed by atoms with Gasteiger partial charge in [-0.15, -0.1) is 0 Å². The molecular weight excluding hydrogens is 743 g/mol. The molecule has 0 bridgehead atoms. The fourth-order valence-corrected chi connectivity index (χ4v) is 9.02. The van der Waals surface area contributed by atoms with Crippen LogP contribution in [-0.4, -0.2) is 15.0 Å². The number of fused-ring (bicyclic) bond motifs is 7. The number of benzene rings is 9. The van der Waals surface area contributed by atoms with Gasteiger partial charge >= 0.3 is 0 Å². The average Bonchev–Trinajstić information content (AvgIpc) is 3.71. The monoisotopic (exact) mass is 777 g/mol. The number of rotatable bonds is 6. The molecule has 12 aromatic rings. The average molecular weight is 778 g/mol. The Hall–Kier alpha value is -8.21. The quantitative estimate of drug-likeness (QED) is 0.158. The lowest BCUT2D eigenvalue weighted by atomic mass is 9.89. The highest BCUT2D eigenvalue weighted by molar-refractivity contribution is 6.27. The molecule has 0 saturated heterocycles. The van der Waals surface area contributed by atoms with E-state index < -0.39 is 0 Å². The van der Waals surface area contributed by atoms with Crippen LogP contribution in [0.15, 0.2) is 217 Å². The summed E-state index contributed by atoms with van der Waals surface area (Å²) in [5, 5.41) is 6.55. The van der Waals surface area contributed by atoms with Crippen molar-refractivity contribution in [3.8, 4) is 67.3 Å². The number of furan rings is 1. The molecule has 12 rings (SSSR count). The molecule has 0 spiro atoms. The SMILES string of the molecule is c1ccc(-c2cccc(-c3nc(-c4cccc(-c5cccc(-c6nc7ccccc7c7c(-c8ccccc8)c8c(cc67)oc6ccccc68)c5)c4)c4ccccc4n3)c2)cc1. The van der Waals surface area contributed by atoms with Gasteiger partial charge in [0.2, 0.25) is 0 Å². The number of hydrogen-bond acceptors (Lipinski definition) is 4. The number of nitrogens with zero attached hydrogens (tertiary/aromatic N) is 3. The minimum Gasteiger partial charge on any atom is -0.456 e. The van der Waals surface area contributed by atoms with Crippen molar-refractivity contribution in [1.82, 2.24) is 15.0 Å². The number of para-hydroxylation sites is 3. The molecule has 3 heterocycles. The molecule has 61 heavy (non-hydrogen) atoms. The van der Waals surface area contributed by atoms with Crippen molar-refractivity contribution >= 4 is 54.5 Å². The summed E-state index contributed by atoms with van der Waals surface area (Å²) in [6, 6.07) is 74.4. The highest BCUT2D eigenvalue weighted by Crippen LogP contribution is 2.46. The summed E-state index contributed by atoms with van der Waals surface area (Å²) < 4.78 is 6.63. The van der Waals surface area contributed by atoms with Crippen LogP contribution in [0.25, 0.3) is 122 Å². The van der Waals surface area contributed by atoms with Crippen LogP contribution >= 0.6 is 0 Å². The van der Waals surface area contributed by atoms with Gasteiger partial charge < -0.3 is 4.42 Å². The van der Waals surface area contributed by atoms with E-state index in [0.717, 1.165) is 111 Å². The van der Waals surface area contributed by atoms with E-state index in [0.29, 0.717) is 5.82 Å². The van der Waals surface area contributed by atoms with E-state index >= 15 is 0 Å². The molecule has 0 fully saturated rings. The number of pyridine rings is 1. The van der Waals surface area contributed by atoms with Crippen molar-refractivity contribution in [3.63, 3.8) is 0 Å². The van der Waals surface area contributed by atoms with Gasteiger partial charge in [-0.1, -0.05) is 170 Å². The lowest BCUT2D eigenvalue weighted by Gasteiger charge is -2.16. The Bertz CT molecular complexity index is 3650. The van der Waals surface area contributed by atoms with Crippen molar-refractivity contribution in [3.05, 3.63) is 212 Å². The van der Waals surface area contributed by atoms with Gasteiger partial charge in [-0.2, -0.15) is 0 Å². The smallest absolute Gasteiger partial charge is 0.160 e. The van der Waals surface area contributed by atoms with Gasteiger partial charge in [0.25, 0.3) is 0 Å². The van der Waals surface area contributed by atoms with Gasteiger partial charge in [0.05, 0.1) is 22.4 Å². The van der Waals surface area contributed by atoms with Crippen molar-refractivity contribution in [2.45, 2.75) is 0 Å². The predicted molar refractivity (Wildman–Crippen MR) is 252 cm³/mol. The number of aromatic nitrogens is 3. The van der Waals surface area contributed by atoms with Crippen LogP contribution < -0.4 is 0 Å². The third kappa shape index (κ3) is 5.96. The molecule has 0 radical (unpaired) electrons. The van der Waals surface area contributed by atoms with E-state index in [1.165, 1.54) is 5.39 Å². The molecule has 0 aliphatic rings. The zero-order chi connectivity index (χ0) is 40.3. The summed E-state index contributed by atoms with van der Waals surface area (Å²) in [7, 11) is 0. The minimum absolute atomic E-state index is 0.696. The van der Waals surface area contributed by atoms with Gasteiger partial charge in [-0.3, -0.25) is 0 Å². The molecule has 0 atom stereocenters. The fourth-order valence-electron chi connectivity index (χ4n) is 9.02. The van der Waals surface area contributed by atoms with E-state index in [-0.39, 0.29) is 0 Å². The summed E-state index contributed by atoms with van der Waals surface area (Å²) in [5.74, 6) is 0.696. The maximum absolute atomic E-state index is 6.63. The van der Waals surface area contributed by atoms with Crippen molar-refractivity contribution in [1.29, 1.82) is 0 Å². The first-order valence-corrected chi connectivity index (χ1v) is 20.6. The lowest BCUT2D eigenvalue weighted by Crippen LogP contribution is -1.96. The highest BCUT2D eigenvalue weighted by atomic mass is 16.3. The van der Waals surface area contributed by atoms with Crippen LogP contribution in [0, 0.1) is 0 Å². The van der Waals surface area contributed by atoms with Gasteiger partial charge in [0.1, 0.15) is 11.2 Å². The Kier molecular flexibility index (Phi) is 8.13. The lowest BCUT2D eigenvalue weighted by molar-refractivity contribution is 0.669. The molecule has 9 aromatic carbocycles. The van der Waals surface area contributed by atoms with Crippen molar-refractivity contribution < 1.29 is 4.42 Å². The van der Waals surface area contributed by atoms with Crippen molar-refractivity contribution in [2.75, 3.05) is 0 Å². The third-order valence-corrected chi connectivity index (χ3v) is 11.8. The van der Waals surface area contributed by atoms with Crippen molar-refractivity contribution in [2.24, 2.45) is 0 Å². The molecular formula is C57H35N3O. The number of hydrogen-bond donors (Lipinski definition) is 0. The summed E-state index contributed by atoms with van der Waals surface area (Å²) in [4.78, 5) is 15.8. The zero-order valence-electron chi connectivity index (χ0n) is 33.0. The molecule has 4 heteroatoms. The van der Waals surface area contributed by atoms with Gasteiger partial charge in [-0.05, 0) is 70.3 Å². The Morgan fingerprint density at radius 2 is 0.770 bits per heavy atom.